The number of nitrogens with zero attached hydrogens (tertiary/aromatic N) is 3. The number of nitrogens with one attached hydrogen (secondary N) is 2. The van der Waals surface area contributed by atoms with Gasteiger partial charge in [0.25, 0.3) is 5.91 Å². The number of H-pyrrole nitrogens is 1. The monoisotopic (exact) mass is 285 g/mol. The number of carbonyl (C=O) groups excluding carboxylic acids is 1. The highest BCUT2D eigenvalue weighted by atomic mass is 32.1. The molecule has 20 heavy (non-hydrogen) atoms. The van der Waals surface area contributed by atoms with Crippen molar-refractivity contribution in [2.75, 3.05) is 5.32 Å². The number of anilines is 1. The molecule has 3 rings (SSSR count). The van der Waals surface area contributed by atoms with Gasteiger partial charge in [-0.25, -0.2) is 9.97 Å². The minimum atomic E-state index is -0.320. The van der Waals surface area contributed by atoms with Gasteiger partial charge >= 0.3 is 0 Å². The first-order chi connectivity index (χ1) is 9.72. The Morgan fingerprint density at radius 1 is 1.30 bits per heavy atom. The van der Waals surface area contributed by atoms with Crippen molar-refractivity contribution in [3.05, 3.63) is 46.8 Å². The molecule has 0 radical (unpaired) electrons. The van der Waals surface area contributed by atoms with Crippen molar-refractivity contribution in [2.45, 2.75) is 6.92 Å². The number of hydrogen-bond donors (Lipinski definition) is 2. The molecule has 0 spiro atoms. The van der Waals surface area contributed by atoms with Gasteiger partial charge in [-0.15, -0.1) is 11.3 Å². The van der Waals surface area contributed by atoms with Crippen LogP contribution < -0.4 is 5.32 Å². The van der Waals surface area contributed by atoms with E-state index in [4.69, 9.17) is 0 Å². The molecule has 0 aliphatic heterocycles. The molecule has 1 aromatic carbocycles. The number of aryl methyl sites for hydroxylation is 1. The van der Waals surface area contributed by atoms with Crippen LogP contribution in [-0.4, -0.2) is 26.1 Å². The molecule has 0 saturated heterocycles. The lowest BCUT2D eigenvalue weighted by Gasteiger charge is -2.03. The molecule has 100 valence electrons. The van der Waals surface area contributed by atoms with E-state index >= 15 is 0 Å². The molecule has 0 unspecified atom stereocenters. The van der Waals surface area contributed by atoms with E-state index < -0.39 is 0 Å². The zero-order chi connectivity index (χ0) is 13.9. The molecule has 0 atom stereocenters. The lowest BCUT2D eigenvalue weighted by atomic mass is 10.1. The molecule has 2 heterocycles. The van der Waals surface area contributed by atoms with Crippen molar-refractivity contribution in [1.82, 2.24) is 20.2 Å². The van der Waals surface area contributed by atoms with Crippen molar-refractivity contribution in [1.29, 1.82) is 0 Å². The molecule has 0 aliphatic carbocycles. The van der Waals surface area contributed by atoms with Crippen LogP contribution >= 0.6 is 11.3 Å². The Bertz CT molecular complexity index is 718. The Morgan fingerprint density at radius 2 is 2.10 bits per heavy atom. The summed E-state index contributed by atoms with van der Waals surface area (Å²) in [6.07, 6.45) is 1.29. The van der Waals surface area contributed by atoms with Crippen molar-refractivity contribution >= 4 is 22.9 Å². The summed E-state index contributed by atoms with van der Waals surface area (Å²) in [5.74, 6) is -0.135. The number of carbonyl (C=O) groups is 1. The maximum absolute atomic E-state index is 11.8. The van der Waals surface area contributed by atoms with Crippen LogP contribution in [0.5, 0.6) is 0 Å². The Morgan fingerprint density at radius 3 is 2.70 bits per heavy atom. The third-order valence-electron chi connectivity index (χ3n) is 2.69. The number of aromatic amines is 1. The predicted octanol–water partition coefficient (Wildman–Crippen LogP) is 2.49. The zero-order valence-electron chi connectivity index (χ0n) is 10.6. The lowest BCUT2D eigenvalue weighted by molar-refractivity contribution is 0.101. The van der Waals surface area contributed by atoms with Gasteiger partial charge in [0.15, 0.2) is 0 Å². The minimum Gasteiger partial charge on any atom is -0.319 e. The quantitative estimate of drug-likeness (QED) is 0.774. The first-order valence-electron chi connectivity index (χ1n) is 5.91. The highest BCUT2D eigenvalue weighted by Gasteiger charge is 2.09. The van der Waals surface area contributed by atoms with Crippen LogP contribution in [0.15, 0.2) is 36.0 Å². The van der Waals surface area contributed by atoms with E-state index in [2.05, 4.69) is 25.5 Å². The Balaban J connectivity index is 1.75. The summed E-state index contributed by atoms with van der Waals surface area (Å²) < 4.78 is 0. The van der Waals surface area contributed by atoms with Gasteiger partial charge in [0.2, 0.25) is 5.82 Å². The SMILES string of the molecule is Cc1nc(-c2ccc(NC(=O)c3ncn[nH]3)cc2)cs1. The molecule has 3 aromatic rings. The molecule has 0 fully saturated rings. The van der Waals surface area contributed by atoms with Crippen LogP contribution in [0.1, 0.15) is 15.6 Å². The summed E-state index contributed by atoms with van der Waals surface area (Å²) in [5.41, 5.74) is 2.66. The maximum Gasteiger partial charge on any atom is 0.292 e. The van der Waals surface area contributed by atoms with Gasteiger partial charge in [0, 0.05) is 16.6 Å². The van der Waals surface area contributed by atoms with Crippen LogP contribution in [0, 0.1) is 6.92 Å². The molecular weight excluding hydrogens is 274 g/mol. The first-order valence-corrected chi connectivity index (χ1v) is 6.79. The fourth-order valence-electron chi connectivity index (χ4n) is 1.73. The summed E-state index contributed by atoms with van der Waals surface area (Å²) in [5, 5.41) is 11.9. The maximum atomic E-state index is 11.8. The molecule has 0 aliphatic rings. The van der Waals surface area contributed by atoms with Gasteiger partial charge in [-0.1, -0.05) is 12.1 Å². The number of aromatic nitrogens is 4. The van der Waals surface area contributed by atoms with E-state index in [1.807, 2.05) is 36.6 Å². The average Bonchev–Trinajstić information content (AvgIpc) is 3.10. The standard InChI is InChI=1S/C13H11N5OS/c1-8-16-11(6-20-8)9-2-4-10(5-3-9)17-13(19)12-14-7-15-18-12/h2-7H,1H3,(H,17,19)(H,14,15,18). The van der Waals surface area contributed by atoms with Crippen molar-refractivity contribution < 1.29 is 4.79 Å². The van der Waals surface area contributed by atoms with E-state index in [-0.39, 0.29) is 11.7 Å². The molecule has 2 N–H and O–H groups in total. The van der Waals surface area contributed by atoms with Gasteiger partial charge in [-0.2, -0.15) is 5.10 Å². The van der Waals surface area contributed by atoms with E-state index in [1.54, 1.807) is 11.3 Å². The second kappa shape index (κ2) is 5.22. The molecule has 0 saturated carbocycles. The summed E-state index contributed by atoms with van der Waals surface area (Å²) in [4.78, 5) is 20.0. The van der Waals surface area contributed by atoms with E-state index in [1.165, 1.54) is 6.33 Å². The van der Waals surface area contributed by atoms with Crippen LogP contribution in [0.25, 0.3) is 11.3 Å². The zero-order valence-corrected chi connectivity index (χ0v) is 11.4. The van der Waals surface area contributed by atoms with Crippen LogP contribution in [0.2, 0.25) is 0 Å². The van der Waals surface area contributed by atoms with Crippen LogP contribution in [0.3, 0.4) is 0 Å². The topological polar surface area (TPSA) is 83.6 Å². The van der Waals surface area contributed by atoms with Crippen molar-refractivity contribution in [2.24, 2.45) is 0 Å². The molecule has 2 aromatic heterocycles. The third kappa shape index (κ3) is 2.57. The van der Waals surface area contributed by atoms with Gasteiger partial charge in [-0.05, 0) is 19.1 Å². The van der Waals surface area contributed by atoms with Crippen LogP contribution in [0.4, 0.5) is 5.69 Å². The fraction of sp³-hybridized carbons (Fsp3) is 0.0769. The van der Waals surface area contributed by atoms with Crippen molar-refractivity contribution in [3.63, 3.8) is 0 Å². The molecule has 0 bridgehead atoms. The smallest absolute Gasteiger partial charge is 0.292 e. The summed E-state index contributed by atoms with van der Waals surface area (Å²) >= 11 is 1.61. The van der Waals surface area contributed by atoms with Gasteiger partial charge in [0.1, 0.15) is 6.33 Å². The number of amides is 1. The Kier molecular flexibility index (Phi) is 3.26. The Labute approximate surface area is 118 Å². The molecule has 7 heteroatoms. The largest absolute Gasteiger partial charge is 0.319 e. The van der Waals surface area contributed by atoms with Crippen molar-refractivity contribution in [3.8, 4) is 11.3 Å². The number of benzene rings is 1. The predicted molar refractivity (Wildman–Crippen MR) is 76.6 cm³/mol. The third-order valence-corrected chi connectivity index (χ3v) is 3.46. The van der Waals surface area contributed by atoms with Gasteiger partial charge in [0.05, 0.1) is 10.7 Å². The summed E-state index contributed by atoms with van der Waals surface area (Å²) in [6.45, 7) is 1.97. The summed E-state index contributed by atoms with van der Waals surface area (Å²) in [7, 11) is 0. The minimum absolute atomic E-state index is 0.184. The normalized spacial score (nSPS) is 10.4. The molecule has 1 amide bonds. The van der Waals surface area contributed by atoms with E-state index in [0.29, 0.717) is 5.69 Å². The molecule has 6 nitrogen and oxygen atoms in total. The number of rotatable bonds is 3. The lowest BCUT2D eigenvalue weighted by Crippen LogP contribution is -2.13. The second-order valence-corrected chi connectivity index (χ2v) is 5.18. The summed E-state index contributed by atoms with van der Waals surface area (Å²) in [6, 6.07) is 7.51. The average molecular weight is 285 g/mol. The first kappa shape index (κ1) is 12.5. The second-order valence-electron chi connectivity index (χ2n) is 4.12. The fourth-order valence-corrected chi connectivity index (χ4v) is 2.35. The van der Waals surface area contributed by atoms with E-state index in [0.717, 1.165) is 16.3 Å². The highest BCUT2D eigenvalue weighted by Crippen LogP contribution is 2.23. The number of thiazole rings is 1. The van der Waals surface area contributed by atoms with E-state index in [9.17, 15) is 4.79 Å². The Hall–Kier alpha value is -2.54. The van der Waals surface area contributed by atoms with Gasteiger partial charge in [-0.3, -0.25) is 9.89 Å². The van der Waals surface area contributed by atoms with Crippen LogP contribution in [-0.2, 0) is 0 Å². The number of hydrogen-bond acceptors (Lipinski definition) is 5. The molecular formula is C13H11N5OS. The highest BCUT2D eigenvalue weighted by molar-refractivity contribution is 7.09. The van der Waals surface area contributed by atoms with Gasteiger partial charge < -0.3 is 5.32 Å².